The number of carbonyl (C=O) groups is 1. The molecule has 0 aromatic carbocycles. The van der Waals surface area contributed by atoms with E-state index in [1.165, 1.54) is 0 Å². The lowest BCUT2D eigenvalue weighted by Gasteiger charge is -2.28. The van der Waals surface area contributed by atoms with Crippen LogP contribution in [0.4, 0.5) is 0 Å². The summed E-state index contributed by atoms with van der Waals surface area (Å²) < 4.78 is 11.0. The van der Waals surface area contributed by atoms with Gasteiger partial charge in [-0.1, -0.05) is 18.0 Å². The molecule has 0 radical (unpaired) electrons. The van der Waals surface area contributed by atoms with E-state index in [0.717, 1.165) is 42.8 Å². The molecule has 0 unspecified atom stereocenters. The number of hydrogen-bond acceptors (Lipinski definition) is 6. The van der Waals surface area contributed by atoms with E-state index in [0.29, 0.717) is 34.6 Å². The Morgan fingerprint density at radius 1 is 1.26 bits per heavy atom. The van der Waals surface area contributed by atoms with Gasteiger partial charge in [-0.2, -0.15) is 0 Å². The van der Waals surface area contributed by atoms with Crippen LogP contribution >= 0.6 is 0 Å². The van der Waals surface area contributed by atoms with Crippen molar-refractivity contribution in [2.75, 3.05) is 6.54 Å². The van der Waals surface area contributed by atoms with Crippen molar-refractivity contribution in [1.29, 1.82) is 0 Å². The molecular weight excluding hydrogens is 344 g/mol. The van der Waals surface area contributed by atoms with Crippen molar-refractivity contribution in [3.05, 3.63) is 34.9 Å². The molecule has 3 N–H and O–H groups in total. The minimum absolute atomic E-state index is 0.167. The largest absolute Gasteiger partial charge is 0.466 e. The number of pyridine rings is 1. The molecule has 7 nitrogen and oxygen atoms in total. The monoisotopic (exact) mass is 368 g/mol. The van der Waals surface area contributed by atoms with E-state index in [1.54, 1.807) is 6.07 Å². The SMILES string of the molecule is Cc1cc(-c2cc(C(=O)NC3(CN)CCCC3)c3c(C)noc3n2)c(C)o1. The lowest BCUT2D eigenvalue weighted by molar-refractivity contribution is 0.0904. The topological polar surface area (TPSA) is 107 Å². The smallest absolute Gasteiger partial charge is 0.259 e. The molecule has 0 spiro atoms. The summed E-state index contributed by atoms with van der Waals surface area (Å²) >= 11 is 0. The molecular formula is C20H24N4O3. The number of aromatic nitrogens is 2. The Hall–Kier alpha value is -2.67. The van der Waals surface area contributed by atoms with Crippen LogP contribution in [0.5, 0.6) is 0 Å². The quantitative estimate of drug-likeness (QED) is 0.731. The molecule has 0 bridgehead atoms. The average molecular weight is 368 g/mol. The zero-order valence-electron chi connectivity index (χ0n) is 15.9. The minimum atomic E-state index is -0.333. The number of amides is 1. The number of hydrogen-bond donors (Lipinski definition) is 2. The second-order valence-electron chi connectivity index (χ2n) is 7.48. The van der Waals surface area contributed by atoms with Crippen molar-refractivity contribution < 1.29 is 13.7 Å². The van der Waals surface area contributed by atoms with Crippen LogP contribution in [-0.2, 0) is 0 Å². The fraction of sp³-hybridized carbons (Fsp3) is 0.450. The first-order chi connectivity index (χ1) is 12.9. The maximum Gasteiger partial charge on any atom is 0.259 e. The zero-order valence-corrected chi connectivity index (χ0v) is 15.9. The zero-order chi connectivity index (χ0) is 19.2. The van der Waals surface area contributed by atoms with E-state index in [9.17, 15) is 4.79 Å². The van der Waals surface area contributed by atoms with Gasteiger partial charge in [0, 0.05) is 12.1 Å². The first kappa shape index (κ1) is 17.7. The Morgan fingerprint density at radius 2 is 2.00 bits per heavy atom. The van der Waals surface area contributed by atoms with Crippen LogP contribution in [0.2, 0.25) is 0 Å². The predicted octanol–water partition coefficient (Wildman–Crippen LogP) is 3.41. The molecule has 3 heterocycles. The summed E-state index contributed by atoms with van der Waals surface area (Å²) in [5.41, 5.74) is 8.62. The lowest BCUT2D eigenvalue weighted by atomic mass is 9.96. The van der Waals surface area contributed by atoms with Gasteiger partial charge in [0.25, 0.3) is 11.6 Å². The Labute approximate surface area is 157 Å². The van der Waals surface area contributed by atoms with E-state index in [1.807, 2.05) is 26.8 Å². The highest BCUT2D eigenvalue weighted by Crippen LogP contribution is 2.32. The summed E-state index contributed by atoms with van der Waals surface area (Å²) in [4.78, 5) is 17.8. The molecule has 1 amide bonds. The summed E-state index contributed by atoms with van der Waals surface area (Å²) in [6.45, 7) is 6.00. The predicted molar refractivity (Wildman–Crippen MR) is 101 cm³/mol. The van der Waals surface area contributed by atoms with Crippen molar-refractivity contribution >= 4 is 17.0 Å². The minimum Gasteiger partial charge on any atom is -0.466 e. The Balaban J connectivity index is 1.82. The molecule has 0 aliphatic heterocycles. The van der Waals surface area contributed by atoms with Crippen molar-refractivity contribution in [1.82, 2.24) is 15.5 Å². The van der Waals surface area contributed by atoms with Crippen molar-refractivity contribution in [2.24, 2.45) is 5.73 Å². The van der Waals surface area contributed by atoms with Gasteiger partial charge in [-0.25, -0.2) is 4.98 Å². The van der Waals surface area contributed by atoms with Gasteiger partial charge in [0.2, 0.25) is 0 Å². The molecule has 4 rings (SSSR count). The number of rotatable bonds is 4. The van der Waals surface area contributed by atoms with Gasteiger partial charge in [-0.05, 0) is 45.7 Å². The van der Waals surface area contributed by atoms with E-state index in [2.05, 4.69) is 15.5 Å². The van der Waals surface area contributed by atoms with Gasteiger partial charge in [-0.3, -0.25) is 4.79 Å². The Morgan fingerprint density at radius 3 is 2.63 bits per heavy atom. The normalized spacial score (nSPS) is 16.1. The number of nitrogens with zero attached hydrogens (tertiary/aromatic N) is 2. The number of furan rings is 1. The maximum atomic E-state index is 13.2. The standard InChI is InChI=1S/C20H24N4O3/c1-11-8-14(13(3)26-11)16-9-15(17-12(2)24-27-19(17)22-16)18(25)23-20(10-21)6-4-5-7-20/h8-9H,4-7,10,21H2,1-3H3,(H,23,25). The van der Waals surface area contributed by atoms with Crippen LogP contribution in [0.15, 0.2) is 21.1 Å². The Kier molecular flexibility index (Phi) is 4.26. The first-order valence-electron chi connectivity index (χ1n) is 9.29. The fourth-order valence-corrected chi connectivity index (χ4v) is 4.04. The van der Waals surface area contributed by atoms with E-state index in [-0.39, 0.29) is 11.4 Å². The summed E-state index contributed by atoms with van der Waals surface area (Å²) in [5.74, 6) is 1.37. The highest BCUT2D eigenvalue weighted by molar-refractivity contribution is 6.07. The molecule has 3 aromatic rings. The molecule has 1 saturated carbocycles. The third-order valence-corrected chi connectivity index (χ3v) is 5.51. The maximum absolute atomic E-state index is 13.2. The third kappa shape index (κ3) is 3.02. The molecule has 1 aliphatic rings. The van der Waals surface area contributed by atoms with Crippen LogP contribution in [0.1, 0.15) is 53.3 Å². The van der Waals surface area contributed by atoms with Gasteiger partial charge in [0.15, 0.2) is 0 Å². The van der Waals surface area contributed by atoms with Gasteiger partial charge in [-0.15, -0.1) is 0 Å². The van der Waals surface area contributed by atoms with Gasteiger partial charge < -0.3 is 20.0 Å². The Bertz CT molecular complexity index is 1010. The van der Waals surface area contributed by atoms with Crippen LogP contribution in [0.3, 0.4) is 0 Å². The molecule has 7 heteroatoms. The first-order valence-corrected chi connectivity index (χ1v) is 9.29. The summed E-state index contributed by atoms with van der Waals surface area (Å²) in [6, 6.07) is 3.70. The summed E-state index contributed by atoms with van der Waals surface area (Å²) in [7, 11) is 0. The highest BCUT2D eigenvalue weighted by atomic mass is 16.5. The van der Waals surface area contributed by atoms with Crippen molar-refractivity contribution in [3.8, 4) is 11.3 Å². The number of carbonyl (C=O) groups excluding carboxylic acids is 1. The number of nitrogens with two attached hydrogens (primary N) is 1. The van der Waals surface area contributed by atoms with E-state index >= 15 is 0 Å². The van der Waals surface area contributed by atoms with Gasteiger partial charge in [0.1, 0.15) is 11.5 Å². The van der Waals surface area contributed by atoms with E-state index in [4.69, 9.17) is 14.7 Å². The van der Waals surface area contributed by atoms with Gasteiger partial charge in [0.05, 0.1) is 27.9 Å². The van der Waals surface area contributed by atoms with Crippen LogP contribution < -0.4 is 11.1 Å². The molecule has 3 aromatic heterocycles. The molecule has 1 fully saturated rings. The molecule has 0 atom stereocenters. The van der Waals surface area contributed by atoms with E-state index < -0.39 is 0 Å². The fourth-order valence-electron chi connectivity index (χ4n) is 4.04. The molecule has 27 heavy (non-hydrogen) atoms. The second-order valence-corrected chi connectivity index (χ2v) is 7.48. The summed E-state index contributed by atoms with van der Waals surface area (Å²) in [5, 5.41) is 7.82. The third-order valence-electron chi connectivity index (χ3n) is 5.51. The average Bonchev–Trinajstić information content (AvgIpc) is 3.34. The highest BCUT2D eigenvalue weighted by Gasteiger charge is 2.35. The lowest BCUT2D eigenvalue weighted by Crippen LogP contribution is -2.51. The second kappa shape index (κ2) is 6.49. The van der Waals surface area contributed by atoms with Crippen LogP contribution in [0, 0.1) is 20.8 Å². The number of aryl methyl sites for hydroxylation is 3. The molecule has 142 valence electrons. The molecule has 1 aliphatic carbocycles. The number of nitrogens with one attached hydrogen (secondary N) is 1. The van der Waals surface area contributed by atoms with Crippen LogP contribution in [0.25, 0.3) is 22.4 Å². The van der Waals surface area contributed by atoms with Crippen LogP contribution in [-0.4, -0.2) is 28.1 Å². The van der Waals surface area contributed by atoms with Crippen molar-refractivity contribution in [2.45, 2.75) is 52.0 Å². The summed E-state index contributed by atoms with van der Waals surface area (Å²) in [6.07, 6.45) is 3.96. The van der Waals surface area contributed by atoms with Crippen molar-refractivity contribution in [3.63, 3.8) is 0 Å². The van der Waals surface area contributed by atoms with Gasteiger partial charge >= 0.3 is 0 Å². The number of fused-ring (bicyclic) bond motifs is 1. The molecule has 0 saturated heterocycles.